The topological polar surface area (TPSA) is 51.0 Å². The van der Waals surface area contributed by atoms with E-state index in [1.807, 2.05) is 31.2 Å². The fourth-order valence-corrected chi connectivity index (χ4v) is 3.39. The van der Waals surface area contributed by atoms with Gasteiger partial charge >= 0.3 is 0 Å². The number of aryl methyl sites for hydroxylation is 2. The lowest BCUT2D eigenvalue weighted by atomic mass is 10.1. The molecule has 3 aromatic rings. The summed E-state index contributed by atoms with van der Waals surface area (Å²) in [6.45, 7) is 6.67. The molecule has 0 saturated carbocycles. The summed E-state index contributed by atoms with van der Waals surface area (Å²) in [5, 5.41) is 5.19. The van der Waals surface area contributed by atoms with E-state index in [9.17, 15) is 0 Å². The van der Waals surface area contributed by atoms with Crippen molar-refractivity contribution in [2.75, 3.05) is 0 Å². The highest BCUT2D eigenvalue weighted by Gasteiger charge is 2.15. The number of nitrogens with zero attached hydrogens (tertiary/aromatic N) is 2. The van der Waals surface area contributed by atoms with Crippen LogP contribution in [-0.2, 0) is 6.54 Å². The molecule has 0 fully saturated rings. The summed E-state index contributed by atoms with van der Waals surface area (Å²) in [6.07, 6.45) is 1.73. The third-order valence-corrected chi connectivity index (χ3v) is 4.94. The van der Waals surface area contributed by atoms with E-state index in [4.69, 9.17) is 21.0 Å². The number of thiazole rings is 1. The average Bonchev–Trinajstić information content (AvgIpc) is 3.12. The Balaban J connectivity index is 1.73. The molecule has 0 bridgehead atoms. The van der Waals surface area contributed by atoms with Crippen molar-refractivity contribution in [2.24, 2.45) is 0 Å². The second kappa shape index (κ2) is 6.83. The first-order valence-corrected chi connectivity index (χ1v) is 8.60. The fraction of sp³-hybridized carbons (Fsp3) is 0.294. The first-order chi connectivity index (χ1) is 11.0. The molecule has 0 radical (unpaired) electrons. The zero-order valence-electron chi connectivity index (χ0n) is 13.3. The predicted octanol–water partition coefficient (Wildman–Crippen LogP) is 4.92. The van der Waals surface area contributed by atoms with Crippen LogP contribution in [0.1, 0.15) is 34.5 Å². The van der Waals surface area contributed by atoms with Gasteiger partial charge in [-0.05, 0) is 32.9 Å². The van der Waals surface area contributed by atoms with Crippen molar-refractivity contribution in [3.05, 3.63) is 57.0 Å². The van der Waals surface area contributed by atoms with E-state index in [0.29, 0.717) is 12.4 Å². The maximum atomic E-state index is 5.95. The Hall–Kier alpha value is -1.69. The number of hydrogen-bond donors (Lipinski definition) is 1. The van der Waals surface area contributed by atoms with Crippen LogP contribution in [0.2, 0.25) is 5.02 Å². The van der Waals surface area contributed by atoms with Crippen LogP contribution in [0, 0.1) is 13.8 Å². The molecule has 1 aromatic carbocycles. The number of hydrogen-bond acceptors (Lipinski definition) is 5. The number of aromatic nitrogens is 2. The SMILES string of the molecule is Cc1cnc(CN[C@H](C)c2nc(-c3ccc(Cl)cc3)c(C)s2)o1. The van der Waals surface area contributed by atoms with Gasteiger partial charge in [0.15, 0.2) is 0 Å². The Morgan fingerprint density at radius 2 is 2.00 bits per heavy atom. The number of halogens is 1. The molecule has 6 heteroatoms. The van der Waals surface area contributed by atoms with Gasteiger partial charge in [-0.25, -0.2) is 9.97 Å². The van der Waals surface area contributed by atoms with Crippen LogP contribution in [-0.4, -0.2) is 9.97 Å². The minimum Gasteiger partial charge on any atom is -0.445 e. The summed E-state index contributed by atoms with van der Waals surface area (Å²) >= 11 is 7.66. The fourth-order valence-electron chi connectivity index (χ4n) is 2.29. The normalized spacial score (nSPS) is 12.5. The van der Waals surface area contributed by atoms with Crippen LogP contribution in [0.3, 0.4) is 0 Å². The average molecular weight is 348 g/mol. The van der Waals surface area contributed by atoms with E-state index in [2.05, 4.69) is 24.1 Å². The summed E-state index contributed by atoms with van der Waals surface area (Å²) in [5.74, 6) is 1.52. The molecule has 0 aliphatic rings. The highest BCUT2D eigenvalue weighted by molar-refractivity contribution is 7.12. The monoisotopic (exact) mass is 347 g/mol. The van der Waals surface area contributed by atoms with Crippen LogP contribution >= 0.6 is 22.9 Å². The number of benzene rings is 1. The molecular formula is C17H18ClN3OS. The molecule has 4 nitrogen and oxygen atoms in total. The highest BCUT2D eigenvalue weighted by atomic mass is 35.5. The third-order valence-electron chi connectivity index (χ3n) is 3.53. The van der Waals surface area contributed by atoms with Crippen LogP contribution in [0.15, 0.2) is 34.9 Å². The largest absolute Gasteiger partial charge is 0.445 e. The second-order valence-corrected chi connectivity index (χ2v) is 7.10. The summed E-state index contributed by atoms with van der Waals surface area (Å²) in [5.41, 5.74) is 2.10. The summed E-state index contributed by atoms with van der Waals surface area (Å²) in [6, 6.07) is 7.92. The molecule has 3 rings (SSSR count). The zero-order chi connectivity index (χ0) is 16.4. The van der Waals surface area contributed by atoms with Crippen molar-refractivity contribution < 1.29 is 4.42 Å². The molecule has 23 heavy (non-hydrogen) atoms. The lowest BCUT2D eigenvalue weighted by Gasteiger charge is -2.08. The molecular weight excluding hydrogens is 330 g/mol. The van der Waals surface area contributed by atoms with E-state index in [-0.39, 0.29) is 6.04 Å². The van der Waals surface area contributed by atoms with Crippen LogP contribution in [0.25, 0.3) is 11.3 Å². The minimum absolute atomic E-state index is 0.131. The van der Waals surface area contributed by atoms with E-state index >= 15 is 0 Å². The predicted molar refractivity (Wildman–Crippen MR) is 93.8 cm³/mol. The molecule has 1 atom stereocenters. The lowest BCUT2D eigenvalue weighted by molar-refractivity contribution is 0.432. The number of oxazole rings is 1. The molecule has 2 heterocycles. The Morgan fingerprint density at radius 3 is 2.65 bits per heavy atom. The van der Waals surface area contributed by atoms with Crippen LogP contribution in [0.5, 0.6) is 0 Å². The Labute approximate surface area is 144 Å². The van der Waals surface area contributed by atoms with Gasteiger partial charge in [0, 0.05) is 15.5 Å². The van der Waals surface area contributed by atoms with E-state index < -0.39 is 0 Å². The maximum absolute atomic E-state index is 5.95. The zero-order valence-corrected chi connectivity index (χ0v) is 14.8. The maximum Gasteiger partial charge on any atom is 0.208 e. The molecule has 0 spiro atoms. The van der Waals surface area contributed by atoms with Gasteiger partial charge in [-0.1, -0.05) is 23.7 Å². The summed E-state index contributed by atoms with van der Waals surface area (Å²) in [4.78, 5) is 10.2. The van der Waals surface area contributed by atoms with Gasteiger partial charge in [-0.2, -0.15) is 0 Å². The quantitative estimate of drug-likeness (QED) is 0.711. The van der Waals surface area contributed by atoms with Crippen molar-refractivity contribution in [3.8, 4) is 11.3 Å². The standard InChI is InChI=1S/C17H18ClN3OS/c1-10-8-20-15(22-10)9-19-11(2)17-21-16(12(3)23-17)13-4-6-14(18)7-5-13/h4-8,11,19H,9H2,1-3H3/t11-/m1/s1. The summed E-state index contributed by atoms with van der Waals surface area (Å²) < 4.78 is 5.48. The first kappa shape index (κ1) is 16.2. The van der Waals surface area contributed by atoms with Crippen molar-refractivity contribution >= 4 is 22.9 Å². The van der Waals surface area contributed by atoms with Crippen molar-refractivity contribution in [1.82, 2.24) is 15.3 Å². The van der Waals surface area contributed by atoms with E-state index in [1.165, 1.54) is 4.88 Å². The number of rotatable bonds is 5. The molecule has 0 aliphatic carbocycles. The smallest absolute Gasteiger partial charge is 0.208 e. The first-order valence-electron chi connectivity index (χ1n) is 7.41. The minimum atomic E-state index is 0.131. The van der Waals surface area contributed by atoms with Gasteiger partial charge in [-0.3, -0.25) is 5.32 Å². The van der Waals surface area contributed by atoms with Gasteiger partial charge in [-0.15, -0.1) is 11.3 Å². The van der Waals surface area contributed by atoms with E-state index in [0.717, 1.165) is 27.0 Å². The van der Waals surface area contributed by atoms with Crippen molar-refractivity contribution in [3.63, 3.8) is 0 Å². The number of nitrogens with one attached hydrogen (secondary N) is 1. The summed E-state index contributed by atoms with van der Waals surface area (Å²) in [7, 11) is 0. The van der Waals surface area contributed by atoms with Gasteiger partial charge in [0.05, 0.1) is 24.5 Å². The molecule has 0 amide bonds. The van der Waals surface area contributed by atoms with Gasteiger partial charge in [0.1, 0.15) is 10.8 Å². The van der Waals surface area contributed by atoms with Crippen LogP contribution in [0.4, 0.5) is 0 Å². The molecule has 120 valence electrons. The Morgan fingerprint density at radius 1 is 1.26 bits per heavy atom. The van der Waals surface area contributed by atoms with Gasteiger partial charge < -0.3 is 4.42 Å². The Kier molecular flexibility index (Phi) is 4.80. The van der Waals surface area contributed by atoms with Crippen molar-refractivity contribution in [1.29, 1.82) is 0 Å². The Bertz CT molecular complexity index is 795. The third kappa shape index (κ3) is 3.80. The van der Waals surface area contributed by atoms with Crippen molar-refractivity contribution in [2.45, 2.75) is 33.4 Å². The molecule has 0 aliphatic heterocycles. The molecule has 0 unspecified atom stereocenters. The van der Waals surface area contributed by atoms with E-state index in [1.54, 1.807) is 17.5 Å². The molecule has 0 saturated heterocycles. The van der Waals surface area contributed by atoms with Crippen LogP contribution < -0.4 is 5.32 Å². The highest BCUT2D eigenvalue weighted by Crippen LogP contribution is 2.31. The molecule has 1 N–H and O–H groups in total. The lowest BCUT2D eigenvalue weighted by Crippen LogP contribution is -2.18. The second-order valence-electron chi connectivity index (χ2n) is 5.43. The van der Waals surface area contributed by atoms with Gasteiger partial charge in [0.25, 0.3) is 0 Å². The molecule has 2 aromatic heterocycles. The van der Waals surface area contributed by atoms with Gasteiger partial charge in [0.2, 0.25) is 5.89 Å².